The number of benzene rings is 1. The molecule has 4 nitrogen and oxygen atoms in total. The predicted molar refractivity (Wildman–Crippen MR) is 61.1 cm³/mol. The molecule has 2 N–H and O–H groups in total. The highest BCUT2D eigenvalue weighted by Gasteiger charge is 2.09. The van der Waals surface area contributed by atoms with E-state index in [0.717, 1.165) is 5.56 Å². The first-order valence-electron chi connectivity index (χ1n) is 4.84. The highest BCUT2D eigenvalue weighted by molar-refractivity contribution is 6.08. The molecule has 0 spiro atoms. The summed E-state index contributed by atoms with van der Waals surface area (Å²) in [6.07, 6.45) is 4.40. The van der Waals surface area contributed by atoms with Gasteiger partial charge in [-0.15, -0.1) is 0 Å². The number of aryl methyl sites for hydroxylation is 1. The molecule has 0 unspecified atom stereocenters. The van der Waals surface area contributed by atoms with Gasteiger partial charge in [-0.25, -0.2) is 9.97 Å². The van der Waals surface area contributed by atoms with E-state index in [1.54, 1.807) is 18.2 Å². The normalized spacial score (nSPS) is 10.1. The Morgan fingerprint density at radius 1 is 1.19 bits per heavy atom. The molecule has 1 heterocycles. The van der Waals surface area contributed by atoms with Crippen molar-refractivity contribution in [2.75, 3.05) is 5.73 Å². The van der Waals surface area contributed by atoms with Gasteiger partial charge >= 0.3 is 0 Å². The number of hydrogen-bond donors (Lipinski definition) is 1. The molecule has 0 aliphatic rings. The summed E-state index contributed by atoms with van der Waals surface area (Å²) in [7, 11) is 0. The number of nitrogens with two attached hydrogens (primary N) is 1. The van der Waals surface area contributed by atoms with Gasteiger partial charge in [-0.05, 0) is 30.7 Å². The molecule has 0 radical (unpaired) electrons. The first-order chi connectivity index (χ1) is 7.68. The zero-order valence-electron chi connectivity index (χ0n) is 8.84. The molecule has 80 valence electrons. The SMILES string of the molecule is Cc1cc(C(=O)c2cncnc2)ccc1N. The number of nitrogens with zero attached hydrogens (tertiary/aromatic N) is 2. The van der Waals surface area contributed by atoms with Crippen molar-refractivity contribution in [3.05, 3.63) is 53.6 Å². The van der Waals surface area contributed by atoms with Gasteiger partial charge in [-0.3, -0.25) is 4.79 Å². The fourth-order valence-corrected chi connectivity index (χ4v) is 1.40. The van der Waals surface area contributed by atoms with Gasteiger partial charge in [-0.1, -0.05) is 0 Å². The van der Waals surface area contributed by atoms with Crippen LogP contribution in [0.2, 0.25) is 0 Å². The number of carbonyl (C=O) groups is 1. The summed E-state index contributed by atoms with van der Waals surface area (Å²) in [5.74, 6) is -0.0938. The number of ketones is 1. The maximum Gasteiger partial charge on any atom is 0.196 e. The van der Waals surface area contributed by atoms with Crippen molar-refractivity contribution < 1.29 is 4.79 Å². The summed E-state index contributed by atoms with van der Waals surface area (Å²) in [6, 6.07) is 5.20. The molecule has 0 saturated heterocycles. The maximum absolute atomic E-state index is 12.0. The summed E-state index contributed by atoms with van der Waals surface area (Å²) in [5.41, 5.74) is 8.34. The van der Waals surface area contributed by atoms with Gasteiger partial charge in [-0.2, -0.15) is 0 Å². The molecule has 16 heavy (non-hydrogen) atoms. The van der Waals surface area contributed by atoms with Crippen LogP contribution in [0, 0.1) is 6.92 Å². The van der Waals surface area contributed by atoms with Gasteiger partial charge in [0.2, 0.25) is 0 Å². The Morgan fingerprint density at radius 2 is 1.88 bits per heavy atom. The van der Waals surface area contributed by atoms with Crippen LogP contribution in [-0.2, 0) is 0 Å². The van der Waals surface area contributed by atoms with E-state index in [9.17, 15) is 4.79 Å². The van der Waals surface area contributed by atoms with Crippen LogP contribution in [0.3, 0.4) is 0 Å². The fourth-order valence-electron chi connectivity index (χ4n) is 1.40. The Balaban J connectivity index is 2.39. The van der Waals surface area contributed by atoms with Crippen LogP contribution in [-0.4, -0.2) is 15.8 Å². The smallest absolute Gasteiger partial charge is 0.196 e. The van der Waals surface area contributed by atoms with Crippen molar-refractivity contribution in [2.24, 2.45) is 0 Å². The van der Waals surface area contributed by atoms with Gasteiger partial charge in [0.1, 0.15) is 6.33 Å². The average Bonchev–Trinajstić information content (AvgIpc) is 2.33. The van der Waals surface area contributed by atoms with E-state index in [1.807, 2.05) is 6.92 Å². The summed E-state index contributed by atoms with van der Waals surface area (Å²) in [6.45, 7) is 1.87. The third-order valence-electron chi connectivity index (χ3n) is 2.35. The highest BCUT2D eigenvalue weighted by atomic mass is 16.1. The highest BCUT2D eigenvalue weighted by Crippen LogP contribution is 2.15. The molecule has 2 aromatic rings. The second kappa shape index (κ2) is 4.10. The molecule has 0 saturated carbocycles. The number of hydrogen-bond acceptors (Lipinski definition) is 4. The van der Waals surface area contributed by atoms with Crippen LogP contribution in [0.25, 0.3) is 0 Å². The Morgan fingerprint density at radius 3 is 2.50 bits per heavy atom. The molecule has 0 bridgehead atoms. The van der Waals surface area contributed by atoms with E-state index < -0.39 is 0 Å². The number of anilines is 1. The minimum Gasteiger partial charge on any atom is -0.399 e. The minimum absolute atomic E-state index is 0.0938. The monoisotopic (exact) mass is 213 g/mol. The summed E-state index contributed by atoms with van der Waals surface area (Å²) >= 11 is 0. The van der Waals surface area contributed by atoms with Crippen LogP contribution < -0.4 is 5.73 Å². The largest absolute Gasteiger partial charge is 0.399 e. The lowest BCUT2D eigenvalue weighted by Gasteiger charge is -2.03. The quantitative estimate of drug-likeness (QED) is 0.607. The molecule has 0 atom stereocenters. The topological polar surface area (TPSA) is 68.9 Å². The molecule has 4 heteroatoms. The van der Waals surface area contributed by atoms with Crippen molar-refractivity contribution in [2.45, 2.75) is 6.92 Å². The lowest BCUT2D eigenvalue weighted by atomic mass is 10.0. The van der Waals surface area contributed by atoms with Gasteiger partial charge < -0.3 is 5.73 Å². The Bertz CT molecular complexity index is 523. The third kappa shape index (κ3) is 1.91. The summed E-state index contributed by atoms with van der Waals surface area (Å²) < 4.78 is 0. The third-order valence-corrected chi connectivity index (χ3v) is 2.35. The molecular formula is C12H11N3O. The van der Waals surface area contributed by atoms with Gasteiger partial charge in [0.05, 0.1) is 5.56 Å². The summed E-state index contributed by atoms with van der Waals surface area (Å²) in [4.78, 5) is 19.6. The zero-order valence-corrected chi connectivity index (χ0v) is 8.84. The van der Waals surface area contributed by atoms with E-state index >= 15 is 0 Å². The number of nitrogen functional groups attached to an aromatic ring is 1. The van der Waals surface area contributed by atoms with E-state index in [1.165, 1.54) is 18.7 Å². The number of carbonyl (C=O) groups excluding carboxylic acids is 1. The van der Waals surface area contributed by atoms with E-state index in [2.05, 4.69) is 9.97 Å². The van der Waals surface area contributed by atoms with Gasteiger partial charge in [0.15, 0.2) is 5.78 Å². The Hall–Kier alpha value is -2.23. The lowest BCUT2D eigenvalue weighted by molar-refractivity contribution is 0.103. The van der Waals surface area contributed by atoms with Crippen LogP contribution in [0.15, 0.2) is 36.9 Å². The van der Waals surface area contributed by atoms with Crippen molar-refractivity contribution in [1.29, 1.82) is 0 Å². The fraction of sp³-hybridized carbons (Fsp3) is 0.0833. The first kappa shape index (κ1) is 10.3. The predicted octanol–water partition coefficient (Wildman–Crippen LogP) is 1.60. The average molecular weight is 213 g/mol. The van der Waals surface area contributed by atoms with Crippen molar-refractivity contribution in [3.63, 3.8) is 0 Å². The molecule has 1 aromatic heterocycles. The lowest BCUT2D eigenvalue weighted by Crippen LogP contribution is -2.03. The standard InChI is InChI=1S/C12H11N3O/c1-8-4-9(2-3-11(8)13)12(16)10-5-14-7-15-6-10/h2-7H,13H2,1H3. The Kier molecular flexibility index (Phi) is 2.64. The number of rotatable bonds is 2. The second-order valence-electron chi connectivity index (χ2n) is 3.53. The molecular weight excluding hydrogens is 202 g/mol. The van der Waals surface area contributed by atoms with Crippen LogP contribution >= 0.6 is 0 Å². The minimum atomic E-state index is -0.0938. The van der Waals surface area contributed by atoms with Crippen molar-refractivity contribution in [3.8, 4) is 0 Å². The molecule has 0 amide bonds. The summed E-state index contributed by atoms with van der Waals surface area (Å²) in [5, 5.41) is 0. The maximum atomic E-state index is 12.0. The second-order valence-corrected chi connectivity index (χ2v) is 3.53. The molecule has 2 rings (SSSR count). The van der Waals surface area contributed by atoms with Crippen molar-refractivity contribution >= 4 is 11.5 Å². The van der Waals surface area contributed by atoms with Crippen LogP contribution in [0.4, 0.5) is 5.69 Å². The van der Waals surface area contributed by atoms with E-state index in [0.29, 0.717) is 16.8 Å². The zero-order chi connectivity index (χ0) is 11.5. The van der Waals surface area contributed by atoms with Gasteiger partial charge in [0, 0.05) is 23.6 Å². The van der Waals surface area contributed by atoms with Crippen molar-refractivity contribution in [1.82, 2.24) is 9.97 Å². The van der Waals surface area contributed by atoms with Gasteiger partial charge in [0.25, 0.3) is 0 Å². The molecule has 1 aromatic carbocycles. The first-order valence-corrected chi connectivity index (χ1v) is 4.84. The molecule has 0 aliphatic heterocycles. The van der Waals surface area contributed by atoms with E-state index in [4.69, 9.17) is 5.73 Å². The Labute approximate surface area is 93.2 Å². The number of aromatic nitrogens is 2. The van der Waals surface area contributed by atoms with Crippen LogP contribution in [0.5, 0.6) is 0 Å². The van der Waals surface area contributed by atoms with E-state index in [-0.39, 0.29) is 5.78 Å². The molecule has 0 fully saturated rings. The molecule has 0 aliphatic carbocycles. The van der Waals surface area contributed by atoms with Crippen LogP contribution in [0.1, 0.15) is 21.5 Å².